The van der Waals surface area contributed by atoms with E-state index in [1.807, 2.05) is 30.3 Å². The van der Waals surface area contributed by atoms with Gasteiger partial charge in [-0.25, -0.2) is 0 Å². The lowest BCUT2D eigenvalue weighted by Crippen LogP contribution is -2.28. The molecular formula is C17H29NO. The zero-order valence-corrected chi connectivity index (χ0v) is 12.6. The van der Waals surface area contributed by atoms with Gasteiger partial charge in [-0.1, -0.05) is 44.9 Å². The van der Waals surface area contributed by atoms with E-state index in [1.54, 1.807) is 0 Å². The summed E-state index contributed by atoms with van der Waals surface area (Å²) in [5, 5.41) is 0. The van der Waals surface area contributed by atoms with Crippen LogP contribution in [0.5, 0.6) is 5.75 Å². The maximum atomic E-state index is 5.74. The molecule has 0 atom stereocenters. The molecule has 19 heavy (non-hydrogen) atoms. The smallest absolute Gasteiger partial charge is 0.119 e. The van der Waals surface area contributed by atoms with E-state index in [0.717, 1.165) is 25.3 Å². The van der Waals surface area contributed by atoms with Crippen LogP contribution in [-0.4, -0.2) is 31.1 Å². The highest BCUT2D eigenvalue weighted by molar-refractivity contribution is 5.20. The lowest BCUT2D eigenvalue weighted by atomic mass is 10.2. The Hall–Kier alpha value is -1.02. The van der Waals surface area contributed by atoms with Gasteiger partial charge in [-0.05, 0) is 44.5 Å². The average Bonchev–Trinajstić information content (AvgIpc) is 2.46. The molecule has 0 aliphatic heterocycles. The molecule has 0 spiro atoms. The van der Waals surface area contributed by atoms with E-state index in [1.165, 1.54) is 38.8 Å². The first-order valence-corrected chi connectivity index (χ1v) is 7.77. The van der Waals surface area contributed by atoms with Crippen molar-refractivity contribution in [1.82, 2.24) is 4.90 Å². The molecule has 0 aromatic heterocycles. The molecule has 1 aromatic carbocycles. The molecule has 0 saturated heterocycles. The van der Waals surface area contributed by atoms with Crippen molar-refractivity contribution in [2.75, 3.05) is 26.2 Å². The molecule has 108 valence electrons. The summed E-state index contributed by atoms with van der Waals surface area (Å²) >= 11 is 0. The number of hydrogen-bond acceptors (Lipinski definition) is 2. The number of ether oxygens (including phenoxy) is 1. The topological polar surface area (TPSA) is 12.5 Å². The molecule has 0 radical (unpaired) electrons. The average molecular weight is 263 g/mol. The zero-order chi connectivity index (χ0) is 13.8. The van der Waals surface area contributed by atoms with Gasteiger partial charge in [0.15, 0.2) is 0 Å². The Balaban J connectivity index is 2.16. The molecule has 0 amide bonds. The lowest BCUT2D eigenvalue weighted by Gasteiger charge is -2.21. The van der Waals surface area contributed by atoms with E-state index in [9.17, 15) is 0 Å². The van der Waals surface area contributed by atoms with Crippen LogP contribution < -0.4 is 4.74 Å². The Morgan fingerprint density at radius 2 is 1.42 bits per heavy atom. The van der Waals surface area contributed by atoms with E-state index in [0.29, 0.717) is 0 Å². The Labute approximate surface area is 118 Å². The van der Waals surface area contributed by atoms with Crippen LogP contribution in [0.15, 0.2) is 30.3 Å². The van der Waals surface area contributed by atoms with Crippen LogP contribution in [0, 0.1) is 0 Å². The minimum atomic E-state index is 0.818. The van der Waals surface area contributed by atoms with E-state index >= 15 is 0 Å². The van der Waals surface area contributed by atoms with Gasteiger partial charge in [0.2, 0.25) is 0 Å². The summed E-state index contributed by atoms with van der Waals surface area (Å²) in [7, 11) is 0. The van der Waals surface area contributed by atoms with E-state index in [-0.39, 0.29) is 0 Å². The Kier molecular flexibility index (Phi) is 9.17. The van der Waals surface area contributed by atoms with Crippen molar-refractivity contribution < 1.29 is 4.74 Å². The molecule has 0 aliphatic rings. The minimum absolute atomic E-state index is 0.818. The standard InChI is InChI=1S/C17H29NO/c1-3-5-13-18(14-6-4-2)15-10-16-19-17-11-8-7-9-12-17/h7-9,11-12H,3-6,10,13-16H2,1-2H3. The molecule has 0 N–H and O–H groups in total. The second kappa shape index (κ2) is 10.9. The van der Waals surface area contributed by atoms with Crippen molar-refractivity contribution in [2.45, 2.75) is 46.0 Å². The number of unbranched alkanes of at least 4 members (excludes halogenated alkanes) is 2. The van der Waals surface area contributed by atoms with Gasteiger partial charge in [0.25, 0.3) is 0 Å². The lowest BCUT2D eigenvalue weighted by molar-refractivity contribution is 0.229. The normalized spacial score (nSPS) is 10.9. The zero-order valence-electron chi connectivity index (χ0n) is 12.6. The van der Waals surface area contributed by atoms with Gasteiger partial charge >= 0.3 is 0 Å². The van der Waals surface area contributed by atoms with Gasteiger partial charge in [0.05, 0.1) is 6.61 Å². The predicted octanol–water partition coefficient (Wildman–Crippen LogP) is 4.36. The number of hydrogen-bond donors (Lipinski definition) is 0. The van der Waals surface area contributed by atoms with Gasteiger partial charge in [-0.3, -0.25) is 0 Å². The monoisotopic (exact) mass is 263 g/mol. The van der Waals surface area contributed by atoms with E-state index in [4.69, 9.17) is 4.74 Å². The van der Waals surface area contributed by atoms with Crippen molar-refractivity contribution in [2.24, 2.45) is 0 Å². The van der Waals surface area contributed by atoms with Gasteiger partial charge < -0.3 is 9.64 Å². The van der Waals surface area contributed by atoms with Crippen molar-refractivity contribution in [3.63, 3.8) is 0 Å². The Morgan fingerprint density at radius 1 is 0.842 bits per heavy atom. The highest BCUT2D eigenvalue weighted by Crippen LogP contribution is 2.08. The first-order chi connectivity index (χ1) is 9.36. The summed E-state index contributed by atoms with van der Waals surface area (Å²) in [4.78, 5) is 2.58. The van der Waals surface area contributed by atoms with Crippen molar-refractivity contribution >= 4 is 0 Å². The van der Waals surface area contributed by atoms with Gasteiger partial charge in [-0.2, -0.15) is 0 Å². The maximum Gasteiger partial charge on any atom is 0.119 e. The summed E-state index contributed by atoms with van der Waals surface area (Å²) in [5.74, 6) is 0.983. The third-order valence-electron chi connectivity index (χ3n) is 3.29. The number of benzene rings is 1. The van der Waals surface area contributed by atoms with Gasteiger partial charge in [0, 0.05) is 6.54 Å². The van der Waals surface area contributed by atoms with Crippen LogP contribution in [-0.2, 0) is 0 Å². The third-order valence-corrected chi connectivity index (χ3v) is 3.29. The van der Waals surface area contributed by atoms with Crippen LogP contribution >= 0.6 is 0 Å². The fourth-order valence-corrected chi connectivity index (χ4v) is 2.09. The van der Waals surface area contributed by atoms with Gasteiger partial charge in [0.1, 0.15) is 5.75 Å². The second-order valence-corrected chi connectivity index (χ2v) is 5.06. The highest BCUT2D eigenvalue weighted by atomic mass is 16.5. The molecule has 0 fully saturated rings. The molecule has 0 unspecified atom stereocenters. The van der Waals surface area contributed by atoms with Crippen LogP contribution in [0.25, 0.3) is 0 Å². The largest absolute Gasteiger partial charge is 0.494 e. The summed E-state index contributed by atoms with van der Waals surface area (Å²) in [6.45, 7) is 8.97. The van der Waals surface area contributed by atoms with Gasteiger partial charge in [-0.15, -0.1) is 0 Å². The number of rotatable bonds is 11. The molecule has 2 nitrogen and oxygen atoms in total. The van der Waals surface area contributed by atoms with E-state index < -0.39 is 0 Å². The summed E-state index contributed by atoms with van der Waals surface area (Å²) in [6, 6.07) is 10.1. The van der Waals surface area contributed by atoms with Crippen molar-refractivity contribution in [1.29, 1.82) is 0 Å². The van der Waals surface area contributed by atoms with Crippen LogP contribution in [0.4, 0.5) is 0 Å². The van der Waals surface area contributed by atoms with Crippen LogP contribution in [0.1, 0.15) is 46.0 Å². The van der Waals surface area contributed by atoms with E-state index in [2.05, 4.69) is 18.7 Å². The molecule has 0 bridgehead atoms. The summed E-state index contributed by atoms with van der Waals surface area (Å²) in [6.07, 6.45) is 6.29. The predicted molar refractivity (Wildman–Crippen MR) is 82.8 cm³/mol. The SMILES string of the molecule is CCCCN(CCCC)CCCOc1ccccc1. The summed E-state index contributed by atoms with van der Waals surface area (Å²) < 4.78 is 5.74. The molecule has 1 rings (SSSR count). The van der Waals surface area contributed by atoms with Crippen molar-refractivity contribution in [3.8, 4) is 5.75 Å². The fraction of sp³-hybridized carbons (Fsp3) is 0.647. The molecular weight excluding hydrogens is 234 g/mol. The maximum absolute atomic E-state index is 5.74. The quantitative estimate of drug-likeness (QED) is 0.550. The number of nitrogens with zero attached hydrogens (tertiary/aromatic N) is 1. The molecule has 2 heteroatoms. The Morgan fingerprint density at radius 3 is 2.00 bits per heavy atom. The third kappa shape index (κ3) is 7.89. The van der Waals surface area contributed by atoms with Crippen LogP contribution in [0.2, 0.25) is 0 Å². The summed E-state index contributed by atoms with van der Waals surface area (Å²) in [5.41, 5.74) is 0. The highest BCUT2D eigenvalue weighted by Gasteiger charge is 2.03. The first kappa shape index (κ1) is 16.0. The molecule has 0 aliphatic carbocycles. The molecule has 1 aromatic rings. The first-order valence-electron chi connectivity index (χ1n) is 7.77. The minimum Gasteiger partial charge on any atom is -0.494 e. The Bertz CT molecular complexity index is 291. The fourth-order valence-electron chi connectivity index (χ4n) is 2.09. The second-order valence-electron chi connectivity index (χ2n) is 5.06. The number of para-hydroxylation sites is 1. The molecule has 0 heterocycles. The molecule has 0 saturated carbocycles. The van der Waals surface area contributed by atoms with Crippen molar-refractivity contribution in [3.05, 3.63) is 30.3 Å². The van der Waals surface area contributed by atoms with Crippen LogP contribution in [0.3, 0.4) is 0 Å².